The monoisotopic (exact) mass is 391 g/mol. The van der Waals surface area contributed by atoms with Gasteiger partial charge in [0.1, 0.15) is 17.1 Å². The van der Waals surface area contributed by atoms with Crippen molar-refractivity contribution in [3.05, 3.63) is 51.4 Å². The lowest BCUT2D eigenvalue weighted by molar-refractivity contribution is -0.116. The van der Waals surface area contributed by atoms with Crippen molar-refractivity contribution in [3.8, 4) is 5.75 Å². The van der Waals surface area contributed by atoms with Crippen molar-refractivity contribution in [2.24, 2.45) is 0 Å². The molecular weight excluding hydrogens is 376 g/mol. The lowest BCUT2D eigenvalue weighted by atomic mass is 10.2. The zero-order valence-electron chi connectivity index (χ0n) is 14.1. The Morgan fingerprint density at radius 3 is 2.81 bits per heavy atom. The highest BCUT2D eigenvalue weighted by atomic mass is 32.1. The maximum Gasteiger partial charge on any atom is 0.387 e. The number of aromatic nitrogens is 2. The topological polar surface area (TPSA) is 73.2 Å². The second kappa shape index (κ2) is 7.07. The standard InChI is InChI=1S/C18H15F2N3O3S/c19-18(20)26-11-6-4-10(5-7-11)22-14(24)8-23-9-21-16-15(17(23)25)12-2-1-3-13(12)27-16/h4-7,9,18H,1-3,8H2,(H,22,24). The van der Waals surface area contributed by atoms with E-state index in [1.807, 2.05) is 0 Å². The molecule has 0 unspecified atom stereocenters. The molecule has 3 aromatic rings. The quantitative estimate of drug-likeness (QED) is 0.725. The van der Waals surface area contributed by atoms with Gasteiger partial charge in [0.05, 0.1) is 11.7 Å². The van der Waals surface area contributed by atoms with Crippen LogP contribution in [0.1, 0.15) is 16.9 Å². The van der Waals surface area contributed by atoms with Crippen molar-refractivity contribution < 1.29 is 18.3 Å². The average Bonchev–Trinajstić information content (AvgIpc) is 3.19. The molecule has 27 heavy (non-hydrogen) atoms. The summed E-state index contributed by atoms with van der Waals surface area (Å²) in [6.45, 7) is -3.08. The summed E-state index contributed by atoms with van der Waals surface area (Å²) in [7, 11) is 0. The van der Waals surface area contributed by atoms with Gasteiger partial charge in [0, 0.05) is 10.6 Å². The molecule has 0 radical (unpaired) electrons. The van der Waals surface area contributed by atoms with E-state index in [-0.39, 0.29) is 17.9 Å². The molecule has 0 atom stereocenters. The molecule has 6 nitrogen and oxygen atoms in total. The third-order valence-corrected chi connectivity index (χ3v) is 5.57. The van der Waals surface area contributed by atoms with Crippen LogP contribution in [0.3, 0.4) is 0 Å². The fourth-order valence-electron chi connectivity index (χ4n) is 3.21. The molecule has 9 heteroatoms. The van der Waals surface area contributed by atoms with Crippen LogP contribution in [-0.2, 0) is 24.2 Å². The first-order valence-electron chi connectivity index (χ1n) is 8.35. The van der Waals surface area contributed by atoms with E-state index in [0.717, 1.165) is 29.7 Å². The zero-order chi connectivity index (χ0) is 19.0. The zero-order valence-corrected chi connectivity index (χ0v) is 14.9. The van der Waals surface area contributed by atoms with Crippen LogP contribution >= 0.6 is 11.3 Å². The number of carbonyl (C=O) groups is 1. The number of nitrogens with one attached hydrogen (secondary N) is 1. The second-order valence-electron chi connectivity index (χ2n) is 6.17. The molecule has 0 aliphatic heterocycles. The van der Waals surface area contributed by atoms with Crippen LogP contribution in [0.4, 0.5) is 14.5 Å². The number of fused-ring (bicyclic) bond motifs is 3. The first-order valence-corrected chi connectivity index (χ1v) is 9.17. The molecule has 0 saturated heterocycles. The van der Waals surface area contributed by atoms with E-state index >= 15 is 0 Å². The first-order chi connectivity index (χ1) is 13.0. The van der Waals surface area contributed by atoms with Crippen molar-refractivity contribution >= 4 is 33.1 Å². The summed E-state index contributed by atoms with van der Waals surface area (Å²) in [6.07, 6.45) is 4.27. The Bertz CT molecular complexity index is 1060. The SMILES string of the molecule is O=C(Cn1cnc2sc3c(c2c1=O)CCC3)Nc1ccc(OC(F)F)cc1. The number of alkyl halides is 2. The number of hydrogen-bond donors (Lipinski definition) is 1. The summed E-state index contributed by atoms with van der Waals surface area (Å²) >= 11 is 1.55. The van der Waals surface area contributed by atoms with Crippen LogP contribution in [0.15, 0.2) is 35.4 Å². The predicted molar refractivity (Wildman–Crippen MR) is 97.6 cm³/mol. The summed E-state index contributed by atoms with van der Waals surface area (Å²) in [6, 6.07) is 5.56. The van der Waals surface area contributed by atoms with Gasteiger partial charge in [-0.25, -0.2) is 4.98 Å². The molecule has 1 amide bonds. The van der Waals surface area contributed by atoms with Gasteiger partial charge in [-0.3, -0.25) is 14.2 Å². The van der Waals surface area contributed by atoms with Gasteiger partial charge in [0.2, 0.25) is 5.91 Å². The lowest BCUT2D eigenvalue weighted by Gasteiger charge is -2.09. The van der Waals surface area contributed by atoms with Crippen LogP contribution in [0.2, 0.25) is 0 Å². The predicted octanol–water partition coefficient (Wildman–Crippen LogP) is 3.19. The number of ether oxygens (including phenoxy) is 1. The van der Waals surface area contributed by atoms with Crippen molar-refractivity contribution in [2.75, 3.05) is 5.32 Å². The Morgan fingerprint density at radius 1 is 1.30 bits per heavy atom. The fourth-order valence-corrected chi connectivity index (χ4v) is 4.43. The number of anilines is 1. The van der Waals surface area contributed by atoms with Gasteiger partial charge in [0.15, 0.2) is 0 Å². The van der Waals surface area contributed by atoms with Crippen molar-refractivity contribution in [2.45, 2.75) is 32.4 Å². The second-order valence-corrected chi connectivity index (χ2v) is 7.25. The normalized spacial score (nSPS) is 13.1. The summed E-state index contributed by atoms with van der Waals surface area (Å²) < 4.78 is 29.9. The molecule has 1 aliphatic carbocycles. The highest BCUT2D eigenvalue weighted by molar-refractivity contribution is 7.18. The van der Waals surface area contributed by atoms with E-state index in [9.17, 15) is 18.4 Å². The van der Waals surface area contributed by atoms with Crippen molar-refractivity contribution in [3.63, 3.8) is 0 Å². The first kappa shape index (κ1) is 17.6. The number of amides is 1. The smallest absolute Gasteiger partial charge is 0.387 e. The number of benzene rings is 1. The Labute approximate surface area is 156 Å². The number of thiophene rings is 1. The minimum absolute atomic E-state index is 0.000170. The number of carbonyl (C=O) groups excluding carboxylic acids is 1. The highest BCUT2D eigenvalue weighted by Gasteiger charge is 2.21. The Balaban J connectivity index is 1.50. The molecule has 0 bridgehead atoms. The number of rotatable bonds is 5. The molecule has 0 spiro atoms. The number of hydrogen-bond acceptors (Lipinski definition) is 5. The van der Waals surface area contributed by atoms with Crippen LogP contribution in [0.5, 0.6) is 5.75 Å². The van der Waals surface area contributed by atoms with Gasteiger partial charge in [-0.2, -0.15) is 8.78 Å². The van der Waals surface area contributed by atoms with Crippen LogP contribution in [-0.4, -0.2) is 22.1 Å². The van der Waals surface area contributed by atoms with Gasteiger partial charge >= 0.3 is 6.61 Å². The summed E-state index contributed by atoms with van der Waals surface area (Å²) in [5.41, 5.74) is 1.27. The summed E-state index contributed by atoms with van der Waals surface area (Å²) in [5.74, 6) is -0.409. The Hall–Kier alpha value is -2.81. The van der Waals surface area contributed by atoms with Gasteiger partial charge < -0.3 is 10.1 Å². The van der Waals surface area contributed by atoms with E-state index in [1.54, 1.807) is 11.3 Å². The number of aryl methyl sites for hydroxylation is 2. The maximum absolute atomic E-state index is 12.7. The summed E-state index contributed by atoms with van der Waals surface area (Å²) in [4.78, 5) is 31.3. The third-order valence-electron chi connectivity index (χ3n) is 4.37. The van der Waals surface area contributed by atoms with Gasteiger partial charge in [-0.15, -0.1) is 11.3 Å². The van der Waals surface area contributed by atoms with Gasteiger partial charge in [-0.05, 0) is 49.1 Å². The van der Waals surface area contributed by atoms with Crippen LogP contribution < -0.4 is 15.6 Å². The molecule has 140 valence electrons. The molecule has 1 aliphatic rings. The molecular formula is C18H15F2N3O3S. The number of nitrogens with zero attached hydrogens (tertiary/aromatic N) is 2. The molecule has 1 N–H and O–H groups in total. The minimum Gasteiger partial charge on any atom is -0.435 e. The van der Waals surface area contributed by atoms with Crippen molar-refractivity contribution in [1.82, 2.24) is 9.55 Å². The van der Waals surface area contributed by atoms with E-state index in [4.69, 9.17) is 0 Å². The highest BCUT2D eigenvalue weighted by Crippen LogP contribution is 2.34. The lowest BCUT2D eigenvalue weighted by Crippen LogP contribution is -2.28. The average molecular weight is 391 g/mol. The Morgan fingerprint density at radius 2 is 2.07 bits per heavy atom. The largest absolute Gasteiger partial charge is 0.435 e. The molecule has 0 saturated carbocycles. The van der Waals surface area contributed by atoms with Crippen LogP contribution in [0, 0.1) is 0 Å². The molecule has 2 aromatic heterocycles. The van der Waals surface area contributed by atoms with Crippen molar-refractivity contribution in [1.29, 1.82) is 0 Å². The molecule has 4 rings (SSSR count). The van der Waals surface area contributed by atoms with E-state index in [1.165, 1.54) is 40.0 Å². The minimum atomic E-state index is -2.90. The van der Waals surface area contributed by atoms with E-state index in [0.29, 0.717) is 11.1 Å². The van der Waals surface area contributed by atoms with Gasteiger partial charge in [-0.1, -0.05) is 0 Å². The maximum atomic E-state index is 12.7. The summed E-state index contributed by atoms with van der Waals surface area (Å²) in [5, 5.41) is 3.25. The van der Waals surface area contributed by atoms with E-state index in [2.05, 4.69) is 15.0 Å². The third kappa shape index (κ3) is 3.55. The number of halogens is 2. The van der Waals surface area contributed by atoms with Gasteiger partial charge in [0.25, 0.3) is 5.56 Å². The fraction of sp³-hybridized carbons (Fsp3) is 0.278. The molecule has 0 fully saturated rings. The van der Waals surface area contributed by atoms with Crippen LogP contribution in [0.25, 0.3) is 10.2 Å². The molecule has 1 aromatic carbocycles. The van der Waals surface area contributed by atoms with E-state index < -0.39 is 12.5 Å². The molecule has 2 heterocycles. The Kier molecular flexibility index (Phi) is 4.61.